The maximum atomic E-state index is 2.37. The Bertz CT molecular complexity index is 290. The second-order valence-electron chi connectivity index (χ2n) is 11.3. The summed E-state index contributed by atoms with van der Waals surface area (Å²) in [5.74, 6) is 0. The van der Waals surface area contributed by atoms with E-state index < -0.39 is 13.1 Å². The van der Waals surface area contributed by atoms with Gasteiger partial charge in [0.25, 0.3) is 0 Å². The molecule has 0 aromatic rings. The van der Waals surface area contributed by atoms with Crippen LogP contribution in [0.3, 0.4) is 0 Å². The second kappa shape index (κ2) is 28.4. The van der Waals surface area contributed by atoms with Crippen LogP contribution in [-0.4, -0.2) is 13.1 Å². The van der Waals surface area contributed by atoms with Crippen molar-refractivity contribution >= 4 is 13.1 Å². The Kier molecular flexibility index (Phi) is 31.3. The van der Waals surface area contributed by atoms with Crippen LogP contribution in [0.25, 0.3) is 0 Å². The van der Waals surface area contributed by atoms with Crippen LogP contribution in [0.4, 0.5) is 0 Å². The predicted octanol–water partition coefficient (Wildman–Crippen LogP) is 9.10. The summed E-state index contributed by atoms with van der Waals surface area (Å²) in [7, 11) is 0. The van der Waals surface area contributed by atoms with Crippen LogP contribution in [0.2, 0.25) is 21.1 Å². The molecule has 0 aromatic heterocycles. The Morgan fingerprint density at radius 3 is 0.719 bits per heavy atom. The Morgan fingerprint density at radius 1 is 0.281 bits per heavy atom. The van der Waals surface area contributed by atoms with Gasteiger partial charge < -0.3 is 0 Å². The van der Waals surface area contributed by atoms with Gasteiger partial charge in [0.1, 0.15) is 13.1 Å². The number of unbranched alkanes of at least 4 members (excludes halogenated alkanes) is 18. The average molecular weight is 459 g/mol. The van der Waals surface area contributed by atoms with Crippen molar-refractivity contribution in [2.75, 3.05) is 0 Å². The third-order valence-corrected chi connectivity index (χ3v) is 14.7. The molecule has 0 N–H and O–H groups in total. The molecule has 0 amide bonds. The van der Waals surface area contributed by atoms with E-state index >= 15 is 0 Å². The van der Waals surface area contributed by atoms with Gasteiger partial charge in [0.15, 0.2) is 0 Å². The van der Waals surface area contributed by atoms with E-state index in [0.717, 1.165) is 0 Å². The van der Waals surface area contributed by atoms with Gasteiger partial charge in [-0.1, -0.05) is 169 Å². The molecule has 2 heteroatoms. The van der Waals surface area contributed by atoms with Crippen molar-refractivity contribution in [3.05, 3.63) is 0 Å². The van der Waals surface area contributed by atoms with Crippen LogP contribution in [0, 0.1) is 0 Å². The fraction of sp³-hybridized carbons (Fsp3) is 1.00. The van der Waals surface area contributed by atoms with Crippen LogP contribution >= 0.6 is 0 Å². The monoisotopic (exact) mass is 458 g/mol. The summed E-state index contributed by atoms with van der Waals surface area (Å²) in [5.41, 5.74) is 0. The SMILES string of the molecule is CCCCCCC[CH2][Al-]([CH2]CCCCC)([CH2]CCCCCCC)[CH2]CCCCCCC.[Li+]. The van der Waals surface area contributed by atoms with Gasteiger partial charge in [-0.3, -0.25) is 0 Å². The molecule has 0 unspecified atom stereocenters. The predicted molar refractivity (Wildman–Crippen MR) is 149 cm³/mol. The molecule has 0 heterocycles. The van der Waals surface area contributed by atoms with E-state index in [-0.39, 0.29) is 18.9 Å². The van der Waals surface area contributed by atoms with Crippen molar-refractivity contribution < 1.29 is 18.9 Å². The molecular formula is C30H64AlLi. The summed E-state index contributed by atoms with van der Waals surface area (Å²) in [6.45, 7) is 9.40. The third kappa shape index (κ3) is 22.9. The molecule has 188 valence electrons. The molecule has 0 atom stereocenters. The summed E-state index contributed by atoms with van der Waals surface area (Å²) in [6.07, 6.45) is 32.8. The first-order valence-electron chi connectivity index (χ1n) is 15.5. The Balaban J connectivity index is 0. The minimum atomic E-state index is -1.40. The molecule has 0 saturated heterocycles. The van der Waals surface area contributed by atoms with Crippen LogP contribution in [0.1, 0.15) is 169 Å². The molecular weight excluding hydrogens is 394 g/mol. The summed E-state index contributed by atoms with van der Waals surface area (Å²) in [4.78, 5) is 0. The quantitative estimate of drug-likeness (QED) is 0.0895. The maximum absolute atomic E-state index is 2.37. The first-order chi connectivity index (χ1) is 15.2. The minimum absolute atomic E-state index is 0. The minimum Gasteiger partial charge on any atom is -0.191 e. The molecule has 0 aromatic carbocycles. The van der Waals surface area contributed by atoms with Crippen molar-refractivity contribution in [3.63, 3.8) is 0 Å². The molecule has 0 radical (unpaired) electrons. The van der Waals surface area contributed by atoms with Crippen molar-refractivity contribution in [1.29, 1.82) is 0 Å². The van der Waals surface area contributed by atoms with E-state index in [1.165, 1.54) is 116 Å². The van der Waals surface area contributed by atoms with Gasteiger partial charge in [0.05, 0.1) is 0 Å². The first kappa shape index (κ1) is 35.3. The summed E-state index contributed by atoms with van der Waals surface area (Å²) in [6, 6.07) is 0. The summed E-state index contributed by atoms with van der Waals surface area (Å²) < 4.78 is 0. The smallest absolute Gasteiger partial charge is 0.191 e. The van der Waals surface area contributed by atoms with E-state index in [0.29, 0.717) is 0 Å². The molecule has 0 aliphatic carbocycles. The Labute approximate surface area is 221 Å². The molecule has 0 fully saturated rings. The maximum Gasteiger partial charge on any atom is 1.00 e. The van der Waals surface area contributed by atoms with Gasteiger partial charge in [-0.15, -0.1) is 0 Å². The molecule has 0 bridgehead atoms. The van der Waals surface area contributed by atoms with Gasteiger partial charge in [0, 0.05) is 0 Å². The molecule has 32 heavy (non-hydrogen) atoms. The molecule has 0 rings (SSSR count). The zero-order chi connectivity index (χ0) is 22.9. The van der Waals surface area contributed by atoms with E-state index in [1.807, 2.05) is 0 Å². The zero-order valence-electron chi connectivity index (χ0n) is 24.0. The topological polar surface area (TPSA) is 0 Å². The van der Waals surface area contributed by atoms with Crippen molar-refractivity contribution in [1.82, 2.24) is 0 Å². The normalized spacial score (nSPS) is 11.6. The van der Waals surface area contributed by atoms with Crippen LogP contribution in [-0.2, 0) is 0 Å². The molecule has 0 aliphatic rings. The van der Waals surface area contributed by atoms with Gasteiger partial charge in [0.2, 0.25) is 0 Å². The largest absolute Gasteiger partial charge is 1.00 e. The van der Waals surface area contributed by atoms with Crippen molar-refractivity contribution in [2.45, 2.75) is 190 Å². The van der Waals surface area contributed by atoms with Crippen LogP contribution < -0.4 is 18.9 Å². The molecule has 0 aliphatic heterocycles. The average Bonchev–Trinajstić information content (AvgIpc) is 2.78. The molecule has 0 spiro atoms. The standard InChI is InChI=1S/3C8H17.C6H13.Al.Li/c3*1-3-5-7-8-6-4-2;1-3-5-6-4-2;;/h3*1,3-8H2,2H3;1,3-6H2,2H3;;/q;;;;-1;+1. The number of hydrogen-bond acceptors (Lipinski definition) is 0. The zero-order valence-corrected chi connectivity index (χ0v) is 25.1. The summed E-state index contributed by atoms with van der Waals surface area (Å²) in [5, 5.41) is 6.81. The third-order valence-electron chi connectivity index (χ3n) is 8.18. The van der Waals surface area contributed by atoms with Crippen molar-refractivity contribution in [3.8, 4) is 0 Å². The van der Waals surface area contributed by atoms with Crippen molar-refractivity contribution in [2.24, 2.45) is 0 Å². The van der Waals surface area contributed by atoms with E-state index in [9.17, 15) is 0 Å². The number of rotatable bonds is 26. The first-order valence-corrected chi connectivity index (χ1v) is 18.7. The van der Waals surface area contributed by atoms with Gasteiger partial charge in [-0.05, 0) is 0 Å². The van der Waals surface area contributed by atoms with Gasteiger partial charge >= 0.3 is 18.9 Å². The fourth-order valence-corrected chi connectivity index (χ4v) is 12.3. The molecule has 0 nitrogen and oxygen atoms in total. The van der Waals surface area contributed by atoms with Crippen LogP contribution in [0.15, 0.2) is 0 Å². The van der Waals surface area contributed by atoms with Crippen LogP contribution in [0.5, 0.6) is 0 Å². The second-order valence-corrected chi connectivity index (χ2v) is 17.0. The van der Waals surface area contributed by atoms with Gasteiger partial charge in [-0.25, -0.2) is 0 Å². The summed E-state index contributed by atoms with van der Waals surface area (Å²) >= 11 is -1.40. The van der Waals surface area contributed by atoms with E-state index in [4.69, 9.17) is 0 Å². The number of hydrogen-bond donors (Lipinski definition) is 0. The van der Waals surface area contributed by atoms with Gasteiger partial charge in [-0.2, -0.15) is 21.1 Å². The van der Waals surface area contributed by atoms with E-state index in [2.05, 4.69) is 27.7 Å². The fourth-order valence-electron chi connectivity index (χ4n) is 5.94. The Morgan fingerprint density at radius 2 is 0.469 bits per heavy atom. The molecule has 0 saturated carbocycles. The Hall–Kier alpha value is 1.13. The van der Waals surface area contributed by atoms with E-state index in [1.54, 1.807) is 46.8 Å².